The highest BCUT2D eigenvalue weighted by atomic mass is 35.5. The Balaban J connectivity index is 1.43. The van der Waals surface area contributed by atoms with Gasteiger partial charge in [0.15, 0.2) is 11.5 Å². The molecule has 0 saturated carbocycles. The van der Waals surface area contributed by atoms with Crippen molar-refractivity contribution in [2.45, 2.75) is 6.54 Å². The number of benzene rings is 3. The van der Waals surface area contributed by atoms with Crippen LogP contribution in [0.5, 0.6) is 17.2 Å². The van der Waals surface area contributed by atoms with Gasteiger partial charge in [-0.2, -0.15) is 0 Å². The summed E-state index contributed by atoms with van der Waals surface area (Å²) in [5.74, 6) is 0.922. The first-order valence-corrected chi connectivity index (χ1v) is 8.98. The summed E-state index contributed by atoms with van der Waals surface area (Å²) in [4.78, 5) is 12.4. The van der Waals surface area contributed by atoms with Crippen molar-refractivity contribution in [3.63, 3.8) is 0 Å². The molecule has 6 nitrogen and oxygen atoms in total. The molecule has 3 aromatic rings. The minimum absolute atomic E-state index is 0.117. The molecule has 1 aliphatic heterocycles. The number of carbonyl (C=O) groups excluding carboxylic acids is 1. The van der Waals surface area contributed by atoms with E-state index in [9.17, 15) is 9.90 Å². The number of hydrogen-bond donors (Lipinski definition) is 3. The normalized spacial score (nSPS) is 11.9. The maximum Gasteiger partial charge on any atom is 0.259 e. The second kappa shape index (κ2) is 7.70. The Morgan fingerprint density at radius 1 is 1.00 bits per heavy atom. The van der Waals surface area contributed by atoms with Crippen LogP contribution in [0.4, 0.5) is 11.4 Å². The van der Waals surface area contributed by atoms with Crippen LogP contribution in [0.15, 0.2) is 60.7 Å². The number of hydrogen-bond acceptors (Lipinski definition) is 5. The Bertz CT molecular complexity index is 1040. The Labute approximate surface area is 166 Å². The molecule has 1 heterocycles. The number of nitrogens with one attached hydrogen (secondary N) is 2. The molecule has 0 aromatic heterocycles. The van der Waals surface area contributed by atoms with Crippen LogP contribution < -0.4 is 20.1 Å². The minimum Gasteiger partial charge on any atom is -0.507 e. The third kappa shape index (κ3) is 3.97. The molecular formula is C21H17ClN2O4. The lowest BCUT2D eigenvalue weighted by molar-refractivity contribution is 0.102. The van der Waals surface area contributed by atoms with Gasteiger partial charge in [0.1, 0.15) is 5.75 Å². The number of aromatic hydroxyl groups is 1. The summed E-state index contributed by atoms with van der Waals surface area (Å²) < 4.78 is 10.7. The number of phenols is 1. The second-order valence-corrected chi connectivity index (χ2v) is 6.67. The maximum atomic E-state index is 12.4. The molecular weight excluding hydrogens is 380 g/mol. The van der Waals surface area contributed by atoms with E-state index in [1.54, 1.807) is 6.07 Å². The lowest BCUT2D eigenvalue weighted by Crippen LogP contribution is -2.12. The van der Waals surface area contributed by atoms with Gasteiger partial charge in [-0.3, -0.25) is 4.79 Å². The zero-order valence-electron chi connectivity index (χ0n) is 14.7. The summed E-state index contributed by atoms with van der Waals surface area (Å²) in [5.41, 5.74) is 2.60. The van der Waals surface area contributed by atoms with E-state index >= 15 is 0 Å². The van der Waals surface area contributed by atoms with Crippen LogP contribution >= 0.6 is 11.6 Å². The molecule has 3 N–H and O–H groups in total. The molecule has 7 heteroatoms. The highest BCUT2D eigenvalue weighted by Crippen LogP contribution is 2.32. The molecule has 0 fully saturated rings. The molecule has 0 spiro atoms. The van der Waals surface area contributed by atoms with Gasteiger partial charge in [-0.1, -0.05) is 23.7 Å². The van der Waals surface area contributed by atoms with Crippen LogP contribution in [0, 0.1) is 0 Å². The largest absolute Gasteiger partial charge is 0.507 e. The molecule has 0 radical (unpaired) electrons. The van der Waals surface area contributed by atoms with Crippen molar-refractivity contribution >= 4 is 28.9 Å². The van der Waals surface area contributed by atoms with E-state index < -0.39 is 5.91 Å². The fourth-order valence-corrected chi connectivity index (χ4v) is 3.02. The summed E-state index contributed by atoms with van der Waals surface area (Å²) >= 11 is 5.91. The number of halogens is 1. The van der Waals surface area contributed by atoms with Crippen LogP contribution in [0.25, 0.3) is 0 Å². The van der Waals surface area contributed by atoms with Gasteiger partial charge in [0.2, 0.25) is 6.79 Å². The molecule has 0 bridgehead atoms. The van der Waals surface area contributed by atoms with E-state index in [0.717, 1.165) is 22.7 Å². The topological polar surface area (TPSA) is 79.8 Å². The zero-order valence-corrected chi connectivity index (χ0v) is 15.5. The van der Waals surface area contributed by atoms with Gasteiger partial charge >= 0.3 is 0 Å². The first kappa shape index (κ1) is 18.0. The Hall–Kier alpha value is -3.38. The van der Waals surface area contributed by atoms with Gasteiger partial charge in [-0.25, -0.2) is 0 Å². The predicted octanol–water partition coefficient (Wildman–Crippen LogP) is 4.64. The average molecular weight is 397 g/mol. The number of ether oxygens (including phenoxy) is 2. The van der Waals surface area contributed by atoms with E-state index in [-0.39, 0.29) is 18.1 Å². The summed E-state index contributed by atoms with van der Waals surface area (Å²) in [7, 11) is 0. The summed E-state index contributed by atoms with van der Waals surface area (Å²) in [6, 6.07) is 17.4. The lowest BCUT2D eigenvalue weighted by atomic mass is 10.1. The summed E-state index contributed by atoms with van der Waals surface area (Å²) in [5, 5.41) is 16.3. The predicted molar refractivity (Wildman–Crippen MR) is 107 cm³/mol. The van der Waals surface area contributed by atoms with E-state index in [0.29, 0.717) is 17.3 Å². The average Bonchev–Trinajstić information content (AvgIpc) is 3.16. The van der Waals surface area contributed by atoms with E-state index in [2.05, 4.69) is 10.6 Å². The van der Waals surface area contributed by atoms with Crippen LogP contribution in [0.1, 0.15) is 15.9 Å². The van der Waals surface area contributed by atoms with Gasteiger partial charge in [-0.05, 0) is 54.1 Å². The standard InChI is InChI=1S/C21H17ClN2O4/c22-14-5-6-18(25)17(9-14)21(26)24-16-3-1-2-15(10-16)23-11-13-4-7-19-20(8-13)28-12-27-19/h1-10,23,25H,11-12H2,(H,24,26). The maximum absolute atomic E-state index is 12.4. The molecule has 0 aliphatic carbocycles. The monoisotopic (exact) mass is 396 g/mol. The molecule has 0 atom stereocenters. The van der Waals surface area contributed by atoms with Crippen molar-refractivity contribution in [2.24, 2.45) is 0 Å². The van der Waals surface area contributed by atoms with Crippen LogP contribution in [0.2, 0.25) is 5.02 Å². The highest BCUT2D eigenvalue weighted by molar-refractivity contribution is 6.31. The van der Waals surface area contributed by atoms with Gasteiger partial charge < -0.3 is 25.2 Å². The SMILES string of the molecule is O=C(Nc1cccc(NCc2ccc3c(c2)OCO3)c1)c1cc(Cl)ccc1O. The van der Waals surface area contributed by atoms with Crippen molar-refractivity contribution in [3.05, 3.63) is 76.8 Å². The van der Waals surface area contributed by atoms with Gasteiger partial charge in [0, 0.05) is 22.9 Å². The number of anilines is 2. The molecule has 3 aromatic carbocycles. The number of fused-ring (bicyclic) bond motifs is 1. The molecule has 1 amide bonds. The Morgan fingerprint density at radius 3 is 2.71 bits per heavy atom. The first-order valence-electron chi connectivity index (χ1n) is 8.61. The third-order valence-corrected chi connectivity index (χ3v) is 4.49. The summed E-state index contributed by atoms with van der Waals surface area (Å²) in [6.07, 6.45) is 0. The molecule has 142 valence electrons. The Morgan fingerprint density at radius 2 is 1.82 bits per heavy atom. The van der Waals surface area contributed by atoms with Crippen LogP contribution in [0.3, 0.4) is 0 Å². The van der Waals surface area contributed by atoms with Gasteiger partial charge in [-0.15, -0.1) is 0 Å². The fraction of sp³-hybridized carbons (Fsp3) is 0.0952. The van der Waals surface area contributed by atoms with Crippen LogP contribution in [-0.4, -0.2) is 17.8 Å². The molecule has 4 rings (SSSR count). The summed E-state index contributed by atoms with van der Waals surface area (Å²) in [6.45, 7) is 0.833. The molecule has 1 aliphatic rings. The molecule has 0 saturated heterocycles. The highest BCUT2D eigenvalue weighted by Gasteiger charge is 2.14. The molecule has 28 heavy (non-hydrogen) atoms. The van der Waals surface area contributed by atoms with E-state index in [1.807, 2.05) is 36.4 Å². The third-order valence-electron chi connectivity index (χ3n) is 4.26. The van der Waals surface area contributed by atoms with Crippen molar-refractivity contribution in [3.8, 4) is 17.2 Å². The minimum atomic E-state index is -0.437. The first-order chi connectivity index (χ1) is 13.6. The van der Waals surface area contributed by atoms with Crippen molar-refractivity contribution in [2.75, 3.05) is 17.4 Å². The number of phenolic OH excluding ortho intramolecular Hbond substituents is 1. The van der Waals surface area contributed by atoms with Gasteiger partial charge in [0.25, 0.3) is 5.91 Å². The number of carbonyl (C=O) groups is 1. The quantitative estimate of drug-likeness (QED) is 0.585. The zero-order chi connectivity index (χ0) is 19.5. The number of rotatable bonds is 5. The molecule has 0 unspecified atom stereocenters. The van der Waals surface area contributed by atoms with Crippen molar-refractivity contribution in [1.82, 2.24) is 0 Å². The van der Waals surface area contributed by atoms with Crippen molar-refractivity contribution < 1.29 is 19.4 Å². The smallest absolute Gasteiger partial charge is 0.259 e. The fourth-order valence-electron chi connectivity index (χ4n) is 2.85. The lowest BCUT2D eigenvalue weighted by Gasteiger charge is -2.11. The van der Waals surface area contributed by atoms with Crippen LogP contribution in [-0.2, 0) is 6.54 Å². The number of amides is 1. The van der Waals surface area contributed by atoms with E-state index in [4.69, 9.17) is 21.1 Å². The Kier molecular flexibility index (Phi) is 4.95. The van der Waals surface area contributed by atoms with Gasteiger partial charge in [0.05, 0.1) is 5.56 Å². The second-order valence-electron chi connectivity index (χ2n) is 6.24. The van der Waals surface area contributed by atoms with Crippen molar-refractivity contribution in [1.29, 1.82) is 0 Å². The van der Waals surface area contributed by atoms with E-state index in [1.165, 1.54) is 18.2 Å².